The van der Waals surface area contributed by atoms with E-state index in [1.807, 2.05) is 30.3 Å². The second-order valence-electron chi connectivity index (χ2n) is 4.49. The Kier molecular flexibility index (Phi) is 4.87. The largest absolute Gasteiger partial charge is 0.394 e. The zero-order valence-electron chi connectivity index (χ0n) is 10.3. The first-order valence-corrected chi connectivity index (χ1v) is 6.09. The summed E-state index contributed by atoms with van der Waals surface area (Å²) in [6.45, 7) is -0.277. The molecule has 0 bridgehead atoms. The Hall–Kier alpha value is -1.02. The Morgan fingerprint density at radius 1 is 1.05 bits per heavy atom. The van der Waals surface area contributed by atoms with Crippen molar-refractivity contribution in [2.24, 2.45) is 0 Å². The zero-order chi connectivity index (χ0) is 13.8. The molecule has 0 radical (unpaired) electrons. The highest BCUT2D eigenvalue weighted by Crippen LogP contribution is 2.23. The van der Waals surface area contributed by atoms with Crippen molar-refractivity contribution < 1.29 is 29.9 Å². The minimum atomic E-state index is -1.48. The van der Waals surface area contributed by atoms with Gasteiger partial charge in [-0.05, 0) is 5.56 Å². The summed E-state index contributed by atoms with van der Waals surface area (Å²) < 4.78 is 10.3. The number of hydrogen-bond donors (Lipinski definition) is 4. The van der Waals surface area contributed by atoms with Gasteiger partial charge in [0, 0.05) is 0 Å². The van der Waals surface area contributed by atoms with Crippen LogP contribution < -0.4 is 0 Å². The summed E-state index contributed by atoms with van der Waals surface area (Å²) in [6, 6.07) is 9.26. The first kappa shape index (κ1) is 14.4. The average Bonchev–Trinajstić information content (AvgIpc) is 2.44. The van der Waals surface area contributed by atoms with E-state index in [4.69, 9.17) is 14.6 Å². The van der Waals surface area contributed by atoms with Gasteiger partial charge in [-0.2, -0.15) is 0 Å². The van der Waals surface area contributed by atoms with Gasteiger partial charge in [-0.15, -0.1) is 0 Å². The summed E-state index contributed by atoms with van der Waals surface area (Å²) in [5, 5.41) is 38.2. The van der Waals surface area contributed by atoms with Crippen LogP contribution >= 0.6 is 0 Å². The molecule has 6 nitrogen and oxygen atoms in total. The molecule has 4 N–H and O–H groups in total. The van der Waals surface area contributed by atoms with E-state index in [-0.39, 0.29) is 6.61 Å². The summed E-state index contributed by atoms with van der Waals surface area (Å²) in [5.41, 5.74) is 0.878. The lowest BCUT2D eigenvalue weighted by atomic mass is 9.99. The fourth-order valence-electron chi connectivity index (χ4n) is 2.03. The van der Waals surface area contributed by atoms with Crippen molar-refractivity contribution in [2.75, 3.05) is 6.61 Å². The number of aliphatic hydroxyl groups is 4. The van der Waals surface area contributed by atoms with Crippen LogP contribution in [0.3, 0.4) is 0 Å². The molecular weight excluding hydrogens is 252 g/mol. The molecule has 0 saturated carbocycles. The van der Waals surface area contributed by atoms with Gasteiger partial charge >= 0.3 is 0 Å². The highest BCUT2D eigenvalue weighted by Gasteiger charge is 2.44. The van der Waals surface area contributed by atoms with Crippen molar-refractivity contribution in [1.82, 2.24) is 0 Å². The number of hydrogen-bond acceptors (Lipinski definition) is 6. The lowest BCUT2D eigenvalue weighted by Gasteiger charge is -2.39. The van der Waals surface area contributed by atoms with Crippen molar-refractivity contribution >= 4 is 0 Å². The first-order chi connectivity index (χ1) is 9.13. The average molecular weight is 270 g/mol. The van der Waals surface area contributed by atoms with Crippen LogP contribution in [0.5, 0.6) is 0 Å². The molecule has 1 aromatic carbocycles. The van der Waals surface area contributed by atoms with Crippen molar-refractivity contribution in [1.29, 1.82) is 0 Å². The summed E-state index contributed by atoms with van der Waals surface area (Å²) in [7, 11) is 0. The summed E-state index contributed by atoms with van der Waals surface area (Å²) in [5.74, 6) is 0. The van der Waals surface area contributed by atoms with E-state index < -0.39 is 37.3 Å². The monoisotopic (exact) mass is 270 g/mol. The number of ether oxygens (including phenoxy) is 2. The van der Waals surface area contributed by atoms with Crippen LogP contribution in [0.4, 0.5) is 0 Å². The van der Waals surface area contributed by atoms with Gasteiger partial charge < -0.3 is 29.9 Å². The molecule has 0 unspecified atom stereocenters. The number of rotatable bonds is 4. The van der Waals surface area contributed by atoms with E-state index in [0.29, 0.717) is 0 Å². The first-order valence-electron chi connectivity index (χ1n) is 6.09. The van der Waals surface area contributed by atoms with Crippen molar-refractivity contribution in [3.8, 4) is 0 Å². The number of aliphatic hydroxyl groups excluding tert-OH is 4. The molecule has 1 aliphatic rings. The van der Waals surface area contributed by atoms with E-state index in [0.717, 1.165) is 5.56 Å². The fourth-order valence-corrected chi connectivity index (χ4v) is 2.03. The van der Waals surface area contributed by atoms with Gasteiger partial charge in [-0.1, -0.05) is 30.3 Å². The molecular formula is C13H18O6. The molecule has 1 fully saturated rings. The summed E-state index contributed by atoms with van der Waals surface area (Å²) >= 11 is 0. The fraction of sp³-hybridized carbons (Fsp3) is 0.538. The third kappa shape index (κ3) is 3.30. The molecule has 1 saturated heterocycles. The van der Waals surface area contributed by atoms with E-state index in [9.17, 15) is 15.3 Å². The topological polar surface area (TPSA) is 99.4 Å². The third-order valence-corrected chi connectivity index (χ3v) is 3.13. The molecule has 0 spiro atoms. The van der Waals surface area contributed by atoms with Gasteiger partial charge in [0.05, 0.1) is 13.2 Å². The third-order valence-electron chi connectivity index (χ3n) is 3.13. The minimum Gasteiger partial charge on any atom is -0.394 e. The van der Waals surface area contributed by atoms with Crippen LogP contribution in [0, 0.1) is 0 Å². The van der Waals surface area contributed by atoms with Crippen LogP contribution in [0.2, 0.25) is 0 Å². The maximum absolute atomic E-state index is 9.91. The lowest BCUT2D eigenvalue weighted by Crippen LogP contribution is -2.59. The van der Waals surface area contributed by atoms with Gasteiger partial charge in [0.25, 0.3) is 0 Å². The van der Waals surface area contributed by atoms with Crippen molar-refractivity contribution in [3.63, 3.8) is 0 Å². The Labute approximate surface area is 110 Å². The molecule has 1 heterocycles. The Balaban J connectivity index is 2.00. The van der Waals surface area contributed by atoms with E-state index >= 15 is 0 Å². The standard InChI is InChI=1S/C13H18O6/c14-6-9-10(15)12(11(16)13(17)19-9)18-7-8-4-2-1-3-5-8/h1-5,9-17H,6-7H2/t9-,10-,11-,12-,13-/m1/s1. The van der Waals surface area contributed by atoms with Gasteiger partial charge in [0.2, 0.25) is 0 Å². The molecule has 0 aromatic heterocycles. The Morgan fingerprint density at radius 3 is 2.37 bits per heavy atom. The molecule has 6 heteroatoms. The molecule has 5 atom stereocenters. The van der Waals surface area contributed by atoms with Crippen LogP contribution in [-0.4, -0.2) is 57.7 Å². The minimum absolute atomic E-state index is 0.185. The van der Waals surface area contributed by atoms with E-state index in [1.165, 1.54) is 0 Å². The van der Waals surface area contributed by atoms with Crippen molar-refractivity contribution in [3.05, 3.63) is 35.9 Å². The molecule has 2 rings (SSSR count). The van der Waals surface area contributed by atoms with Gasteiger partial charge in [-0.25, -0.2) is 0 Å². The van der Waals surface area contributed by atoms with Crippen LogP contribution in [-0.2, 0) is 16.1 Å². The number of benzene rings is 1. The highest BCUT2D eigenvalue weighted by atomic mass is 16.6. The molecule has 1 aromatic rings. The smallest absolute Gasteiger partial charge is 0.184 e. The van der Waals surface area contributed by atoms with Gasteiger partial charge in [0.1, 0.15) is 24.4 Å². The predicted molar refractivity (Wildman–Crippen MR) is 65.0 cm³/mol. The highest BCUT2D eigenvalue weighted by molar-refractivity contribution is 5.13. The summed E-state index contributed by atoms with van der Waals surface area (Å²) in [6.07, 6.45) is -6.03. The molecule has 0 amide bonds. The normalized spacial score (nSPS) is 35.3. The molecule has 19 heavy (non-hydrogen) atoms. The maximum atomic E-state index is 9.91. The zero-order valence-corrected chi connectivity index (χ0v) is 10.3. The Morgan fingerprint density at radius 2 is 1.74 bits per heavy atom. The van der Waals surface area contributed by atoms with E-state index in [1.54, 1.807) is 0 Å². The second-order valence-corrected chi connectivity index (χ2v) is 4.49. The molecule has 0 aliphatic carbocycles. The lowest BCUT2D eigenvalue weighted by molar-refractivity contribution is -0.296. The second kappa shape index (κ2) is 6.42. The molecule has 106 valence electrons. The maximum Gasteiger partial charge on any atom is 0.184 e. The van der Waals surface area contributed by atoms with Gasteiger partial charge in [0.15, 0.2) is 6.29 Å². The van der Waals surface area contributed by atoms with Crippen LogP contribution in [0.1, 0.15) is 5.56 Å². The van der Waals surface area contributed by atoms with Crippen LogP contribution in [0.15, 0.2) is 30.3 Å². The Bertz CT molecular complexity index is 384. The predicted octanol–water partition coefficient (Wildman–Crippen LogP) is -0.997. The molecule has 1 aliphatic heterocycles. The summed E-state index contributed by atoms with van der Waals surface area (Å²) in [4.78, 5) is 0. The van der Waals surface area contributed by atoms with E-state index in [2.05, 4.69) is 0 Å². The SMILES string of the molecule is OC[C@H]1O[C@@H](O)[C@H](O)[C@H](OCc2ccccc2)[C@@H]1O. The van der Waals surface area contributed by atoms with Gasteiger partial charge in [-0.3, -0.25) is 0 Å². The van der Waals surface area contributed by atoms with Crippen LogP contribution in [0.25, 0.3) is 0 Å². The quantitative estimate of drug-likeness (QED) is 0.560. The van der Waals surface area contributed by atoms with Crippen molar-refractivity contribution in [2.45, 2.75) is 37.3 Å².